The number of rotatable bonds is 4. The monoisotopic (exact) mass is 266 g/mol. The Morgan fingerprint density at radius 3 is 2.42 bits per heavy atom. The number of carboxylic acids is 1. The first-order valence-corrected chi connectivity index (χ1v) is 5.85. The van der Waals surface area contributed by atoms with E-state index in [-0.39, 0.29) is 16.7 Å². The summed E-state index contributed by atoms with van der Waals surface area (Å²) in [6, 6.07) is 4.14. The summed E-state index contributed by atoms with van der Waals surface area (Å²) in [5, 5.41) is 19.8. The zero-order valence-electron chi connectivity index (χ0n) is 11.5. The molecule has 6 nitrogen and oxygen atoms in total. The second-order valence-electron chi connectivity index (χ2n) is 5.68. The van der Waals surface area contributed by atoms with Crippen molar-refractivity contribution in [3.05, 3.63) is 33.9 Å². The molecule has 19 heavy (non-hydrogen) atoms. The maximum atomic E-state index is 11.1. The van der Waals surface area contributed by atoms with E-state index in [2.05, 4.69) is 20.8 Å². The number of nitro benzene ring substituents is 1. The van der Waals surface area contributed by atoms with Crippen LogP contribution in [0.15, 0.2) is 18.2 Å². The third-order valence-corrected chi connectivity index (χ3v) is 2.56. The highest BCUT2D eigenvalue weighted by Crippen LogP contribution is 2.26. The van der Waals surface area contributed by atoms with Crippen LogP contribution < -0.4 is 4.90 Å². The Hall–Kier alpha value is -2.11. The molecule has 0 unspecified atom stereocenters. The highest BCUT2D eigenvalue weighted by atomic mass is 16.6. The molecule has 0 saturated heterocycles. The van der Waals surface area contributed by atoms with Crippen LogP contribution in [0, 0.1) is 15.5 Å². The van der Waals surface area contributed by atoms with Gasteiger partial charge in [-0.25, -0.2) is 4.79 Å². The van der Waals surface area contributed by atoms with Crippen LogP contribution in [0.2, 0.25) is 0 Å². The van der Waals surface area contributed by atoms with Crippen LogP contribution in [0.4, 0.5) is 11.4 Å². The van der Waals surface area contributed by atoms with Gasteiger partial charge in [-0.15, -0.1) is 0 Å². The van der Waals surface area contributed by atoms with E-state index in [4.69, 9.17) is 5.11 Å². The zero-order valence-corrected chi connectivity index (χ0v) is 11.5. The number of carboxylic acid groups (broad SMARTS) is 1. The van der Waals surface area contributed by atoms with Crippen LogP contribution in [-0.2, 0) is 0 Å². The van der Waals surface area contributed by atoms with Gasteiger partial charge in [-0.05, 0) is 17.5 Å². The molecule has 0 saturated carbocycles. The molecule has 0 amide bonds. The van der Waals surface area contributed by atoms with Crippen LogP contribution in [0.25, 0.3) is 0 Å². The molecule has 0 aliphatic carbocycles. The number of carbonyl (C=O) groups is 1. The topological polar surface area (TPSA) is 83.7 Å². The Kier molecular flexibility index (Phi) is 4.14. The number of nitrogens with zero attached hydrogens (tertiary/aromatic N) is 2. The quantitative estimate of drug-likeness (QED) is 0.669. The van der Waals surface area contributed by atoms with Gasteiger partial charge in [0, 0.05) is 25.3 Å². The fourth-order valence-corrected chi connectivity index (χ4v) is 1.89. The summed E-state index contributed by atoms with van der Waals surface area (Å²) in [6.45, 7) is 6.90. The predicted octanol–water partition coefficient (Wildman–Crippen LogP) is 2.78. The summed E-state index contributed by atoms with van der Waals surface area (Å²) in [5.74, 6) is -1.29. The Labute approximate surface area is 111 Å². The molecule has 0 radical (unpaired) electrons. The van der Waals surface area contributed by atoms with E-state index in [1.165, 1.54) is 12.1 Å². The lowest BCUT2D eigenvalue weighted by Gasteiger charge is -2.28. The average molecular weight is 266 g/mol. The summed E-state index contributed by atoms with van der Waals surface area (Å²) >= 11 is 0. The van der Waals surface area contributed by atoms with E-state index in [1.807, 2.05) is 11.9 Å². The fraction of sp³-hybridized carbons (Fsp3) is 0.462. The number of anilines is 1. The molecule has 0 aromatic heterocycles. The molecule has 1 N–H and O–H groups in total. The maximum Gasteiger partial charge on any atom is 0.342 e. The smallest absolute Gasteiger partial charge is 0.342 e. The summed E-state index contributed by atoms with van der Waals surface area (Å²) < 4.78 is 0. The largest absolute Gasteiger partial charge is 0.477 e. The third-order valence-electron chi connectivity index (χ3n) is 2.56. The molecule has 1 rings (SSSR count). The van der Waals surface area contributed by atoms with Gasteiger partial charge in [0.1, 0.15) is 5.56 Å². The molecule has 0 bridgehead atoms. The van der Waals surface area contributed by atoms with Gasteiger partial charge in [0.15, 0.2) is 0 Å². The van der Waals surface area contributed by atoms with Crippen molar-refractivity contribution in [2.75, 3.05) is 18.5 Å². The molecule has 0 aliphatic rings. The van der Waals surface area contributed by atoms with Gasteiger partial charge < -0.3 is 10.0 Å². The van der Waals surface area contributed by atoms with E-state index < -0.39 is 10.9 Å². The lowest BCUT2D eigenvalue weighted by Crippen LogP contribution is -2.29. The molecule has 0 heterocycles. The third kappa shape index (κ3) is 3.94. The molecular weight excluding hydrogens is 248 g/mol. The van der Waals surface area contributed by atoms with Gasteiger partial charge >= 0.3 is 5.97 Å². The Morgan fingerprint density at radius 1 is 1.42 bits per heavy atom. The Balaban J connectivity index is 3.15. The van der Waals surface area contributed by atoms with Crippen molar-refractivity contribution < 1.29 is 14.8 Å². The van der Waals surface area contributed by atoms with Crippen molar-refractivity contribution in [2.24, 2.45) is 5.41 Å². The van der Waals surface area contributed by atoms with E-state index in [0.717, 1.165) is 0 Å². The number of hydrogen-bond donors (Lipinski definition) is 1. The highest BCUT2D eigenvalue weighted by molar-refractivity contribution is 5.93. The van der Waals surface area contributed by atoms with Crippen LogP contribution >= 0.6 is 0 Å². The van der Waals surface area contributed by atoms with E-state index in [9.17, 15) is 14.9 Å². The van der Waals surface area contributed by atoms with Gasteiger partial charge in [0.2, 0.25) is 0 Å². The minimum atomic E-state index is -1.29. The first kappa shape index (κ1) is 14.9. The minimum absolute atomic E-state index is 0.0416. The van der Waals surface area contributed by atoms with Gasteiger partial charge in [-0.1, -0.05) is 20.8 Å². The molecule has 0 fully saturated rings. The Morgan fingerprint density at radius 2 is 2.00 bits per heavy atom. The fourth-order valence-electron chi connectivity index (χ4n) is 1.89. The van der Waals surface area contributed by atoms with Crippen molar-refractivity contribution in [2.45, 2.75) is 20.8 Å². The van der Waals surface area contributed by atoms with Crippen molar-refractivity contribution in [3.63, 3.8) is 0 Å². The SMILES string of the molecule is CN(CC(C)(C)C)c1ccc([N+](=O)[O-])c(C(=O)O)c1. The van der Waals surface area contributed by atoms with E-state index >= 15 is 0 Å². The first-order chi connectivity index (χ1) is 8.61. The van der Waals surface area contributed by atoms with Gasteiger partial charge in [-0.2, -0.15) is 0 Å². The van der Waals surface area contributed by atoms with Gasteiger partial charge in [-0.3, -0.25) is 10.1 Å². The van der Waals surface area contributed by atoms with Crippen molar-refractivity contribution in [3.8, 4) is 0 Å². The first-order valence-electron chi connectivity index (χ1n) is 5.85. The molecular formula is C13H18N2O4. The van der Waals surface area contributed by atoms with Crippen LogP contribution in [0.1, 0.15) is 31.1 Å². The molecule has 6 heteroatoms. The van der Waals surface area contributed by atoms with E-state index in [1.54, 1.807) is 6.07 Å². The summed E-state index contributed by atoms with van der Waals surface area (Å²) in [5.41, 5.74) is 0.0153. The van der Waals surface area contributed by atoms with Crippen LogP contribution in [0.5, 0.6) is 0 Å². The van der Waals surface area contributed by atoms with Crippen LogP contribution in [0.3, 0.4) is 0 Å². The molecule has 0 atom stereocenters. The molecule has 0 aliphatic heterocycles. The zero-order chi connectivity index (χ0) is 14.8. The van der Waals surface area contributed by atoms with Gasteiger partial charge in [0.05, 0.1) is 4.92 Å². The summed E-state index contributed by atoms with van der Waals surface area (Å²) in [7, 11) is 1.83. The summed E-state index contributed by atoms with van der Waals surface area (Å²) in [6.07, 6.45) is 0. The molecule has 1 aromatic carbocycles. The standard InChI is InChI=1S/C13H18N2O4/c1-13(2,3)8-14(4)9-5-6-11(15(18)19)10(7-9)12(16)17/h5-7H,8H2,1-4H3,(H,16,17). The van der Waals surface area contributed by atoms with Crippen molar-refractivity contribution in [1.82, 2.24) is 0 Å². The van der Waals surface area contributed by atoms with Crippen LogP contribution in [-0.4, -0.2) is 29.6 Å². The lowest BCUT2D eigenvalue weighted by atomic mass is 9.96. The van der Waals surface area contributed by atoms with E-state index in [0.29, 0.717) is 12.2 Å². The second kappa shape index (κ2) is 5.26. The Bertz CT molecular complexity index is 506. The number of nitro groups is 1. The maximum absolute atomic E-state index is 11.1. The highest BCUT2D eigenvalue weighted by Gasteiger charge is 2.22. The molecule has 0 spiro atoms. The molecule has 104 valence electrons. The lowest BCUT2D eigenvalue weighted by molar-refractivity contribution is -0.385. The van der Waals surface area contributed by atoms with Crippen molar-refractivity contribution in [1.29, 1.82) is 0 Å². The number of hydrogen-bond acceptors (Lipinski definition) is 4. The minimum Gasteiger partial charge on any atom is -0.477 e. The van der Waals surface area contributed by atoms with Crippen molar-refractivity contribution >= 4 is 17.3 Å². The normalized spacial score (nSPS) is 11.2. The number of benzene rings is 1. The predicted molar refractivity (Wildman–Crippen MR) is 72.8 cm³/mol. The number of aromatic carboxylic acids is 1. The summed E-state index contributed by atoms with van der Waals surface area (Å²) in [4.78, 5) is 23.0. The second-order valence-corrected chi connectivity index (χ2v) is 5.68. The average Bonchev–Trinajstić information content (AvgIpc) is 2.25. The molecule has 1 aromatic rings. The van der Waals surface area contributed by atoms with Gasteiger partial charge in [0.25, 0.3) is 5.69 Å².